The lowest BCUT2D eigenvalue weighted by Crippen LogP contribution is -2.36. The quantitative estimate of drug-likeness (QED) is 0.630. The zero-order chi connectivity index (χ0) is 20.1. The summed E-state index contributed by atoms with van der Waals surface area (Å²) in [6.07, 6.45) is 3.11. The molecule has 2 aliphatic rings. The van der Waals surface area contributed by atoms with Crippen LogP contribution >= 0.6 is 0 Å². The molecule has 0 radical (unpaired) electrons. The maximum absolute atomic E-state index is 12.7. The van der Waals surface area contributed by atoms with Gasteiger partial charge in [-0.25, -0.2) is 0 Å². The van der Waals surface area contributed by atoms with Crippen LogP contribution in [0.4, 0.5) is 0 Å². The van der Waals surface area contributed by atoms with Gasteiger partial charge in [0.2, 0.25) is 5.91 Å². The fourth-order valence-electron chi connectivity index (χ4n) is 3.77. The highest BCUT2D eigenvalue weighted by atomic mass is 16.5. The maximum Gasteiger partial charge on any atom is 0.254 e. The molecule has 156 valence electrons. The Morgan fingerprint density at radius 3 is 2.93 bits per heavy atom. The first kappa shape index (κ1) is 20.8. The van der Waals surface area contributed by atoms with Crippen molar-refractivity contribution < 1.29 is 23.8 Å². The standard InChI is InChI=1S/C19H30N4O5/c1-13-17(11-22(2)21-13)18(24)20-9-16-8-14(12-28-16)19(25)23-5-4-15(10-23)27-7-6-26-3/h11,14-16H,4-10,12H2,1-3H3,(H,20,24)/t14-,15?,16-/m0/s1. The monoisotopic (exact) mass is 394 g/mol. The third-order valence-corrected chi connectivity index (χ3v) is 5.28. The molecule has 2 amide bonds. The summed E-state index contributed by atoms with van der Waals surface area (Å²) in [5.74, 6) is -0.200. The van der Waals surface area contributed by atoms with E-state index in [4.69, 9.17) is 14.2 Å². The minimum absolute atomic E-state index is 0.0826. The van der Waals surface area contributed by atoms with E-state index in [0.717, 1.165) is 6.42 Å². The first-order valence-electron chi connectivity index (χ1n) is 9.77. The Morgan fingerprint density at radius 2 is 2.21 bits per heavy atom. The summed E-state index contributed by atoms with van der Waals surface area (Å²) in [5, 5.41) is 7.06. The Hall–Kier alpha value is -1.97. The number of hydrogen-bond acceptors (Lipinski definition) is 6. The van der Waals surface area contributed by atoms with Gasteiger partial charge in [0.25, 0.3) is 5.91 Å². The van der Waals surface area contributed by atoms with E-state index in [1.165, 1.54) is 0 Å². The molecule has 2 saturated heterocycles. The van der Waals surface area contributed by atoms with Crippen LogP contribution in [0.5, 0.6) is 0 Å². The van der Waals surface area contributed by atoms with Crippen LogP contribution in [0.15, 0.2) is 6.20 Å². The number of hydrogen-bond donors (Lipinski definition) is 1. The average Bonchev–Trinajstić information content (AvgIpc) is 3.39. The lowest BCUT2D eigenvalue weighted by Gasteiger charge is -2.20. The zero-order valence-corrected chi connectivity index (χ0v) is 16.8. The maximum atomic E-state index is 12.7. The highest BCUT2D eigenvalue weighted by Gasteiger charge is 2.36. The van der Waals surface area contributed by atoms with E-state index in [2.05, 4.69) is 10.4 Å². The van der Waals surface area contributed by atoms with E-state index in [-0.39, 0.29) is 29.9 Å². The van der Waals surface area contributed by atoms with Crippen molar-refractivity contribution in [1.82, 2.24) is 20.0 Å². The molecule has 0 aromatic carbocycles. The Balaban J connectivity index is 1.41. The summed E-state index contributed by atoms with van der Waals surface area (Å²) in [5.41, 5.74) is 1.25. The van der Waals surface area contributed by atoms with Gasteiger partial charge in [0.15, 0.2) is 0 Å². The van der Waals surface area contributed by atoms with Crippen LogP contribution in [0.3, 0.4) is 0 Å². The van der Waals surface area contributed by atoms with Crippen LogP contribution in [0.2, 0.25) is 0 Å². The van der Waals surface area contributed by atoms with Gasteiger partial charge in [0.05, 0.1) is 49.2 Å². The van der Waals surface area contributed by atoms with Gasteiger partial charge >= 0.3 is 0 Å². The van der Waals surface area contributed by atoms with E-state index >= 15 is 0 Å². The molecular formula is C19H30N4O5. The number of methoxy groups -OCH3 is 1. The first-order valence-corrected chi connectivity index (χ1v) is 9.77. The number of likely N-dealkylation sites (tertiary alicyclic amines) is 1. The number of aryl methyl sites for hydroxylation is 2. The summed E-state index contributed by atoms with van der Waals surface area (Å²) in [6, 6.07) is 0. The molecule has 2 aliphatic heterocycles. The number of nitrogens with zero attached hydrogens (tertiary/aromatic N) is 3. The topological polar surface area (TPSA) is 94.9 Å². The van der Waals surface area contributed by atoms with Crippen LogP contribution < -0.4 is 5.32 Å². The molecule has 3 heterocycles. The molecule has 2 fully saturated rings. The average molecular weight is 394 g/mol. The van der Waals surface area contributed by atoms with Crippen molar-refractivity contribution in [3.8, 4) is 0 Å². The fraction of sp³-hybridized carbons (Fsp3) is 0.737. The van der Waals surface area contributed by atoms with Crippen molar-refractivity contribution in [2.75, 3.05) is 46.6 Å². The SMILES string of the molecule is COCCOC1CCN(C(=O)[C@@H]2CO[C@H](CNC(=O)c3cn(C)nc3C)C2)C1. The van der Waals surface area contributed by atoms with Crippen LogP contribution in [-0.2, 0) is 26.1 Å². The number of amides is 2. The molecule has 0 spiro atoms. The first-order chi connectivity index (χ1) is 13.5. The van der Waals surface area contributed by atoms with E-state index in [9.17, 15) is 9.59 Å². The molecular weight excluding hydrogens is 364 g/mol. The number of ether oxygens (including phenoxy) is 3. The van der Waals surface area contributed by atoms with Crippen molar-refractivity contribution >= 4 is 11.8 Å². The third kappa shape index (κ3) is 5.09. The van der Waals surface area contributed by atoms with Gasteiger partial charge in [-0.15, -0.1) is 0 Å². The van der Waals surface area contributed by atoms with Crippen LogP contribution in [-0.4, -0.2) is 85.3 Å². The second-order valence-corrected chi connectivity index (χ2v) is 7.46. The number of rotatable bonds is 8. The summed E-state index contributed by atoms with van der Waals surface area (Å²) >= 11 is 0. The van der Waals surface area contributed by atoms with Crippen LogP contribution in [0, 0.1) is 12.8 Å². The Labute approximate surface area is 165 Å². The highest BCUT2D eigenvalue weighted by molar-refractivity contribution is 5.95. The second kappa shape index (κ2) is 9.49. The highest BCUT2D eigenvalue weighted by Crippen LogP contribution is 2.24. The predicted octanol–water partition coefficient (Wildman–Crippen LogP) is 0.127. The number of carbonyl (C=O) groups excluding carboxylic acids is 2. The molecule has 3 atom stereocenters. The van der Waals surface area contributed by atoms with E-state index < -0.39 is 0 Å². The van der Waals surface area contributed by atoms with Crippen molar-refractivity contribution in [1.29, 1.82) is 0 Å². The molecule has 1 aromatic heterocycles. The van der Waals surface area contributed by atoms with Gasteiger partial charge in [-0.3, -0.25) is 14.3 Å². The van der Waals surface area contributed by atoms with Crippen molar-refractivity contribution in [3.05, 3.63) is 17.5 Å². The van der Waals surface area contributed by atoms with Gasteiger partial charge < -0.3 is 24.4 Å². The van der Waals surface area contributed by atoms with Gasteiger partial charge in [-0.1, -0.05) is 0 Å². The zero-order valence-electron chi connectivity index (χ0n) is 16.8. The van der Waals surface area contributed by atoms with Crippen molar-refractivity contribution in [2.45, 2.75) is 32.0 Å². The molecule has 9 heteroatoms. The molecule has 3 rings (SSSR count). The molecule has 1 unspecified atom stereocenters. The molecule has 9 nitrogen and oxygen atoms in total. The lowest BCUT2D eigenvalue weighted by molar-refractivity contribution is -0.135. The normalized spacial score (nSPS) is 24.7. The Morgan fingerprint density at radius 1 is 1.39 bits per heavy atom. The number of carbonyl (C=O) groups is 2. The Kier molecular flexibility index (Phi) is 7.03. The Bertz CT molecular complexity index is 692. The second-order valence-electron chi connectivity index (χ2n) is 7.46. The lowest BCUT2D eigenvalue weighted by atomic mass is 10.0. The fourth-order valence-corrected chi connectivity index (χ4v) is 3.77. The minimum Gasteiger partial charge on any atom is -0.382 e. The smallest absolute Gasteiger partial charge is 0.254 e. The molecule has 0 bridgehead atoms. The molecule has 1 N–H and O–H groups in total. The summed E-state index contributed by atoms with van der Waals surface area (Å²) in [4.78, 5) is 26.9. The molecule has 0 saturated carbocycles. The third-order valence-electron chi connectivity index (χ3n) is 5.28. The van der Waals surface area contributed by atoms with Gasteiger partial charge in [-0.2, -0.15) is 5.10 Å². The van der Waals surface area contributed by atoms with E-state index in [1.807, 2.05) is 4.90 Å². The van der Waals surface area contributed by atoms with Gasteiger partial charge in [0, 0.05) is 40.0 Å². The number of aromatic nitrogens is 2. The summed E-state index contributed by atoms with van der Waals surface area (Å²) in [7, 11) is 3.43. The van der Waals surface area contributed by atoms with Crippen LogP contribution in [0.1, 0.15) is 28.9 Å². The van der Waals surface area contributed by atoms with Crippen LogP contribution in [0.25, 0.3) is 0 Å². The molecule has 0 aliphatic carbocycles. The predicted molar refractivity (Wildman–Crippen MR) is 101 cm³/mol. The van der Waals surface area contributed by atoms with Gasteiger partial charge in [0.1, 0.15) is 0 Å². The summed E-state index contributed by atoms with van der Waals surface area (Å²) in [6.45, 7) is 5.05. The van der Waals surface area contributed by atoms with E-state index in [0.29, 0.717) is 57.1 Å². The van der Waals surface area contributed by atoms with Crippen molar-refractivity contribution in [3.63, 3.8) is 0 Å². The number of nitrogens with one attached hydrogen (secondary N) is 1. The largest absolute Gasteiger partial charge is 0.382 e. The van der Waals surface area contributed by atoms with E-state index in [1.54, 1.807) is 32.0 Å². The van der Waals surface area contributed by atoms with Gasteiger partial charge in [-0.05, 0) is 19.8 Å². The van der Waals surface area contributed by atoms with Crippen molar-refractivity contribution in [2.24, 2.45) is 13.0 Å². The molecule has 28 heavy (non-hydrogen) atoms. The molecule has 1 aromatic rings. The minimum atomic E-state index is -0.167. The summed E-state index contributed by atoms with van der Waals surface area (Å²) < 4.78 is 18.1.